The average Bonchev–Trinajstić information content (AvgIpc) is 2.25. The molecule has 2 rings (SSSR count). The molecule has 1 nitrogen and oxygen atoms in total. The highest BCUT2D eigenvalue weighted by Crippen LogP contribution is 2.68. The van der Waals surface area contributed by atoms with Gasteiger partial charge in [-0.05, 0) is 76.3 Å². The number of rotatable bonds is 6. The Kier molecular flexibility index (Phi) is 4.11. The average molecular weight is 251 g/mol. The van der Waals surface area contributed by atoms with E-state index in [2.05, 4.69) is 39.6 Å². The minimum atomic E-state index is 0.695. The van der Waals surface area contributed by atoms with Crippen molar-refractivity contribution in [2.45, 2.75) is 78.7 Å². The van der Waals surface area contributed by atoms with Crippen molar-refractivity contribution in [3.8, 4) is 0 Å². The van der Waals surface area contributed by atoms with Crippen LogP contribution in [0.3, 0.4) is 0 Å². The van der Waals surface area contributed by atoms with Crippen LogP contribution in [0, 0.1) is 16.7 Å². The van der Waals surface area contributed by atoms with E-state index >= 15 is 0 Å². The van der Waals surface area contributed by atoms with Gasteiger partial charge in [0, 0.05) is 6.04 Å². The van der Waals surface area contributed by atoms with Crippen LogP contribution in [0.2, 0.25) is 0 Å². The van der Waals surface area contributed by atoms with Crippen LogP contribution in [0.1, 0.15) is 72.6 Å². The molecule has 0 aromatic rings. The predicted molar refractivity (Wildman–Crippen MR) is 79.8 cm³/mol. The summed E-state index contributed by atoms with van der Waals surface area (Å²) < 4.78 is 0. The first-order valence-corrected chi connectivity index (χ1v) is 8.14. The van der Waals surface area contributed by atoms with E-state index < -0.39 is 0 Å². The minimum absolute atomic E-state index is 0.695. The summed E-state index contributed by atoms with van der Waals surface area (Å²) in [4.78, 5) is 2.51. The van der Waals surface area contributed by atoms with Crippen LogP contribution in [0.25, 0.3) is 0 Å². The Hall–Kier alpha value is -0.0400. The van der Waals surface area contributed by atoms with Crippen LogP contribution in [0.15, 0.2) is 0 Å². The fourth-order valence-corrected chi connectivity index (χ4v) is 4.56. The molecule has 0 heterocycles. The van der Waals surface area contributed by atoms with Crippen molar-refractivity contribution in [1.29, 1.82) is 0 Å². The Morgan fingerprint density at radius 3 is 2.22 bits per heavy atom. The Bertz CT molecular complexity index is 267. The first-order valence-electron chi connectivity index (χ1n) is 8.14. The highest BCUT2D eigenvalue weighted by atomic mass is 15.1. The fraction of sp³-hybridized carbons (Fsp3) is 1.00. The molecular weight excluding hydrogens is 218 g/mol. The van der Waals surface area contributed by atoms with Crippen molar-refractivity contribution >= 4 is 0 Å². The molecule has 0 aromatic heterocycles. The molecule has 0 saturated heterocycles. The summed E-state index contributed by atoms with van der Waals surface area (Å²) in [5.74, 6) is 1.07. The molecule has 0 bridgehead atoms. The van der Waals surface area contributed by atoms with Gasteiger partial charge in [-0.25, -0.2) is 0 Å². The Morgan fingerprint density at radius 2 is 1.78 bits per heavy atom. The van der Waals surface area contributed by atoms with E-state index in [1.165, 1.54) is 25.8 Å². The van der Waals surface area contributed by atoms with Gasteiger partial charge in [0.05, 0.1) is 0 Å². The van der Waals surface area contributed by atoms with Crippen molar-refractivity contribution in [2.24, 2.45) is 16.7 Å². The third-order valence-corrected chi connectivity index (χ3v) is 6.15. The number of nitrogens with zero attached hydrogens (tertiary/aromatic N) is 1. The minimum Gasteiger partial charge on any atom is -0.304 e. The molecule has 0 atom stereocenters. The molecule has 0 amide bonds. The third kappa shape index (κ3) is 2.61. The molecule has 18 heavy (non-hydrogen) atoms. The zero-order chi connectivity index (χ0) is 13.4. The van der Waals surface area contributed by atoms with Gasteiger partial charge >= 0.3 is 0 Å². The predicted octanol–water partition coefficient (Wildman–Crippen LogP) is 4.71. The first kappa shape index (κ1) is 14.4. The summed E-state index contributed by atoms with van der Waals surface area (Å²) >= 11 is 0. The van der Waals surface area contributed by atoms with Crippen molar-refractivity contribution in [1.82, 2.24) is 4.90 Å². The topological polar surface area (TPSA) is 3.24 Å². The van der Waals surface area contributed by atoms with Crippen LogP contribution >= 0.6 is 0 Å². The van der Waals surface area contributed by atoms with Crippen LogP contribution in [0.4, 0.5) is 0 Å². The maximum Gasteiger partial charge on any atom is 0.00355 e. The van der Waals surface area contributed by atoms with Gasteiger partial charge in [-0.2, -0.15) is 0 Å². The van der Waals surface area contributed by atoms with Crippen molar-refractivity contribution in [2.75, 3.05) is 13.6 Å². The first-order chi connectivity index (χ1) is 8.44. The van der Waals surface area contributed by atoms with Gasteiger partial charge < -0.3 is 4.90 Å². The van der Waals surface area contributed by atoms with Crippen molar-refractivity contribution < 1.29 is 0 Å². The molecule has 0 unspecified atom stereocenters. The van der Waals surface area contributed by atoms with Crippen LogP contribution < -0.4 is 0 Å². The molecule has 2 aliphatic carbocycles. The van der Waals surface area contributed by atoms with Gasteiger partial charge in [-0.3, -0.25) is 0 Å². The zero-order valence-electron chi connectivity index (χ0n) is 13.3. The lowest BCUT2D eigenvalue weighted by Gasteiger charge is -2.64. The van der Waals surface area contributed by atoms with E-state index in [0.717, 1.165) is 11.3 Å². The smallest absolute Gasteiger partial charge is 0.00355 e. The van der Waals surface area contributed by atoms with Gasteiger partial charge in [-0.1, -0.05) is 26.7 Å². The number of hydrogen-bond acceptors (Lipinski definition) is 1. The lowest BCUT2D eigenvalue weighted by molar-refractivity contribution is -0.135. The molecule has 0 aromatic carbocycles. The van der Waals surface area contributed by atoms with E-state index in [1.807, 2.05) is 0 Å². The summed E-state index contributed by atoms with van der Waals surface area (Å²) in [6, 6.07) is 0.695. The largest absolute Gasteiger partial charge is 0.304 e. The molecule has 0 radical (unpaired) electrons. The molecule has 2 aliphatic rings. The molecule has 0 N–H and O–H groups in total. The van der Waals surface area contributed by atoms with Crippen molar-refractivity contribution in [3.63, 3.8) is 0 Å². The molecule has 2 saturated carbocycles. The van der Waals surface area contributed by atoms with E-state index in [1.54, 1.807) is 25.7 Å². The van der Waals surface area contributed by atoms with Crippen molar-refractivity contribution in [3.05, 3.63) is 0 Å². The second kappa shape index (κ2) is 5.15. The summed E-state index contributed by atoms with van der Waals surface area (Å²) in [5.41, 5.74) is 1.52. The summed E-state index contributed by atoms with van der Waals surface area (Å²) in [7, 11) is 2.28. The fourth-order valence-electron chi connectivity index (χ4n) is 4.56. The summed E-state index contributed by atoms with van der Waals surface area (Å²) in [6.45, 7) is 10.7. The van der Waals surface area contributed by atoms with E-state index in [4.69, 9.17) is 0 Å². The monoisotopic (exact) mass is 251 g/mol. The Labute approximate surface area is 114 Å². The molecule has 1 heteroatoms. The molecule has 106 valence electrons. The number of hydrogen-bond donors (Lipinski definition) is 0. The normalized spacial score (nSPS) is 39.2. The third-order valence-electron chi connectivity index (χ3n) is 6.15. The Morgan fingerprint density at radius 1 is 1.17 bits per heavy atom. The molecule has 1 spiro atoms. The molecule has 0 aliphatic heterocycles. The quantitative estimate of drug-likeness (QED) is 0.660. The van der Waals surface area contributed by atoms with E-state index in [0.29, 0.717) is 11.5 Å². The van der Waals surface area contributed by atoms with Gasteiger partial charge in [0.1, 0.15) is 0 Å². The van der Waals surface area contributed by atoms with E-state index in [9.17, 15) is 0 Å². The van der Waals surface area contributed by atoms with Gasteiger partial charge in [0.15, 0.2) is 0 Å². The van der Waals surface area contributed by atoms with Gasteiger partial charge in [-0.15, -0.1) is 0 Å². The van der Waals surface area contributed by atoms with Gasteiger partial charge in [0.25, 0.3) is 0 Å². The SMILES string of the molecule is CCC1CC2(C1)CC(CC)(CCN(C)C(C)C)C2. The van der Waals surface area contributed by atoms with Crippen LogP contribution in [-0.2, 0) is 0 Å². The van der Waals surface area contributed by atoms with Crippen LogP contribution in [-0.4, -0.2) is 24.5 Å². The standard InChI is InChI=1S/C17H33N/c1-6-15-10-17(11-15)12-16(7-2,13-17)8-9-18(5)14(3)4/h14-15H,6-13H2,1-5H3. The van der Waals surface area contributed by atoms with Crippen LogP contribution in [0.5, 0.6) is 0 Å². The van der Waals surface area contributed by atoms with Gasteiger partial charge in [0.2, 0.25) is 0 Å². The second-order valence-corrected chi connectivity index (χ2v) is 7.71. The highest BCUT2D eigenvalue weighted by Gasteiger charge is 2.58. The summed E-state index contributed by atoms with van der Waals surface area (Å²) in [5, 5.41) is 0. The molecular formula is C17H33N. The second-order valence-electron chi connectivity index (χ2n) is 7.71. The lowest BCUT2D eigenvalue weighted by Crippen LogP contribution is -2.54. The highest BCUT2D eigenvalue weighted by molar-refractivity contribution is 5.08. The maximum atomic E-state index is 2.51. The lowest BCUT2D eigenvalue weighted by atomic mass is 9.41. The van der Waals surface area contributed by atoms with E-state index in [-0.39, 0.29) is 0 Å². The maximum absolute atomic E-state index is 2.51. The Balaban J connectivity index is 1.77. The summed E-state index contributed by atoms with van der Waals surface area (Å²) in [6.07, 6.45) is 10.4. The zero-order valence-corrected chi connectivity index (χ0v) is 13.3. The molecule has 2 fully saturated rings.